The van der Waals surface area contributed by atoms with Crippen molar-refractivity contribution in [2.45, 2.75) is 12.3 Å². The van der Waals surface area contributed by atoms with Crippen LogP contribution in [0.5, 0.6) is 5.75 Å². The molecule has 15 heavy (non-hydrogen) atoms. The Hall–Kier alpha value is -1.22. The summed E-state index contributed by atoms with van der Waals surface area (Å²) < 4.78 is 5.25. The fraction of sp³-hybridized carbons (Fsp3) is 0.364. The van der Waals surface area contributed by atoms with Crippen molar-refractivity contribution in [1.82, 2.24) is 5.32 Å². The summed E-state index contributed by atoms with van der Waals surface area (Å²) in [4.78, 5) is 11.1. The van der Waals surface area contributed by atoms with Gasteiger partial charge in [0.2, 0.25) is 5.91 Å². The number of nitrogens with one attached hydrogen (secondary N) is 1. The lowest BCUT2D eigenvalue weighted by Crippen LogP contribution is -2.13. The van der Waals surface area contributed by atoms with Gasteiger partial charge in [0, 0.05) is 29.5 Å². The molecule has 1 aliphatic rings. The van der Waals surface area contributed by atoms with E-state index in [0.29, 0.717) is 18.0 Å². The van der Waals surface area contributed by atoms with Crippen molar-refractivity contribution in [1.29, 1.82) is 0 Å². The zero-order chi connectivity index (χ0) is 10.8. The average molecular weight is 226 g/mol. The lowest BCUT2D eigenvalue weighted by atomic mass is 9.97. The first-order chi connectivity index (χ1) is 7.22. The molecular weight excluding hydrogens is 214 g/mol. The van der Waals surface area contributed by atoms with Gasteiger partial charge in [-0.15, -0.1) is 0 Å². The van der Waals surface area contributed by atoms with Gasteiger partial charge < -0.3 is 10.1 Å². The van der Waals surface area contributed by atoms with E-state index in [1.807, 2.05) is 18.2 Å². The molecule has 0 aliphatic carbocycles. The molecule has 1 heterocycles. The third-order valence-electron chi connectivity index (χ3n) is 2.62. The Bertz CT molecular complexity index is 392. The predicted octanol–water partition coefficient (Wildman–Crippen LogP) is 1.95. The molecule has 2 rings (SSSR count). The highest BCUT2D eigenvalue weighted by Crippen LogP contribution is 2.36. The second-order valence-electron chi connectivity index (χ2n) is 3.56. The number of amides is 1. The fourth-order valence-electron chi connectivity index (χ4n) is 1.90. The van der Waals surface area contributed by atoms with Gasteiger partial charge in [-0.3, -0.25) is 4.79 Å². The van der Waals surface area contributed by atoms with Gasteiger partial charge in [-0.25, -0.2) is 0 Å². The number of ether oxygens (including phenoxy) is 1. The third kappa shape index (κ3) is 1.92. The normalized spacial score (nSPS) is 20.1. The first-order valence-corrected chi connectivity index (χ1v) is 5.19. The summed E-state index contributed by atoms with van der Waals surface area (Å²) in [6.07, 6.45) is 0.486. The molecule has 1 aromatic rings. The highest BCUT2D eigenvalue weighted by atomic mass is 35.5. The maximum Gasteiger partial charge on any atom is 0.220 e. The van der Waals surface area contributed by atoms with Crippen molar-refractivity contribution in [3.05, 3.63) is 28.8 Å². The van der Waals surface area contributed by atoms with Crippen LogP contribution < -0.4 is 10.1 Å². The van der Waals surface area contributed by atoms with E-state index in [9.17, 15) is 4.79 Å². The van der Waals surface area contributed by atoms with Crippen LogP contribution in [0.25, 0.3) is 0 Å². The Morgan fingerprint density at radius 1 is 1.53 bits per heavy atom. The van der Waals surface area contributed by atoms with E-state index in [0.717, 1.165) is 11.3 Å². The van der Waals surface area contributed by atoms with E-state index in [1.165, 1.54) is 0 Å². The molecule has 4 heteroatoms. The highest BCUT2D eigenvalue weighted by molar-refractivity contribution is 6.31. The number of benzene rings is 1. The number of rotatable bonds is 2. The Morgan fingerprint density at radius 2 is 2.33 bits per heavy atom. The lowest BCUT2D eigenvalue weighted by Gasteiger charge is -2.14. The second-order valence-corrected chi connectivity index (χ2v) is 3.97. The van der Waals surface area contributed by atoms with Crippen molar-refractivity contribution >= 4 is 17.5 Å². The summed E-state index contributed by atoms with van der Waals surface area (Å²) in [5.74, 6) is 0.951. The molecule has 1 aromatic carbocycles. The molecule has 0 radical (unpaired) electrons. The summed E-state index contributed by atoms with van der Waals surface area (Å²) in [5.41, 5.74) is 0.931. The van der Waals surface area contributed by atoms with Crippen LogP contribution in [0.4, 0.5) is 0 Å². The van der Waals surface area contributed by atoms with Crippen LogP contribution >= 0.6 is 11.6 Å². The second kappa shape index (κ2) is 4.11. The minimum atomic E-state index is 0.0713. The molecule has 0 saturated carbocycles. The summed E-state index contributed by atoms with van der Waals surface area (Å²) in [5, 5.41) is 3.46. The summed E-state index contributed by atoms with van der Waals surface area (Å²) in [6, 6.07) is 5.53. The van der Waals surface area contributed by atoms with Crippen molar-refractivity contribution in [2.24, 2.45) is 0 Å². The largest absolute Gasteiger partial charge is 0.496 e. The molecular formula is C11H12ClNO2. The minimum absolute atomic E-state index is 0.0713. The van der Waals surface area contributed by atoms with E-state index in [2.05, 4.69) is 5.32 Å². The zero-order valence-corrected chi connectivity index (χ0v) is 9.17. The van der Waals surface area contributed by atoms with Crippen molar-refractivity contribution < 1.29 is 9.53 Å². The Morgan fingerprint density at radius 3 is 2.93 bits per heavy atom. The maximum absolute atomic E-state index is 11.1. The van der Waals surface area contributed by atoms with Crippen LogP contribution in [0.1, 0.15) is 17.9 Å². The van der Waals surface area contributed by atoms with Gasteiger partial charge in [0.05, 0.1) is 7.11 Å². The Balaban J connectivity index is 2.37. The molecule has 1 atom stereocenters. The van der Waals surface area contributed by atoms with Gasteiger partial charge in [0.15, 0.2) is 0 Å². The number of hydrogen-bond donors (Lipinski definition) is 1. The highest BCUT2D eigenvalue weighted by Gasteiger charge is 2.27. The predicted molar refractivity (Wildman–Crippen MR) is 58.4 cm³/mol. The minimum Gasteiger partial charge on any atom is -0.496 e. The van der Waals surface area contributed by atoms with Gasteiger partial charge in [0.25, 0.3) is 0 Å². The molecule has 0 aromatic heterocycles. The molecule has 1 unspecified atom stereocenters. The number of carbonyl (C=O) groups is 1. The molecule has 1 saturated heterocycles. The van der Waals surface area contributed by atoms with Gasteiger partial charge in [0.1, 0.15) is 5.75 Å². The molecule has 80 valence electrons. The van der Waals surface area contributed by atoms with Gasteiger partial charge in [-0.1, -0.05) is 17.7 Å². The molecule has 1 amide bonds. The number of halogens is 1. The van der Waals surface area contributed by atoms with Crippen LogP contribution in [0.15, 0.2) is 18.2 Å². The van der Waals surface area contributed by atoms with Gasteiger partial charge in [-0.05, 0) is 12.1 Å². The van der Waals surface area contributed by atoms with E-state index in [4.69, 9.17) is 16.3 Å². The Kier molecular flexibility index (Phi) is 2.82. The number of hydrogen-bond acceptors (Lipinski definition) is 2. The number of carbonyl (C=O) groups excluding carboxylic acids is 1. The smallest absolute Gasteiger partial charge is 0.220 e. The lowest BCUT2D eigenvalue weighted by molar-refractivity contribution is -0.119. The molecule has 1 fully saturated rings. The van der Waals surface area contributed by atoms with Gasteiger partial charge in [-0.2, -0.15) is 0 Å². The van der Waals surface area contributed by atoms with Crippen molar-refractivity contribution in [3.63, 3.8) is 0 Å². The zero-order valence-electron chi connectivity index (χ0n) is 8.42. The number of methoxy groups -OCH3 is 1. The van der Waals surface area contributed by atoms with Crippen LogP contribution in [-0.2, 0) is 4.79 Å². The molecule has 1 N–H and O–H groups in total. The average Bonchev–Trinajstić information content (AvgIpc) is 2.64. The monoisotopic (exact) mass is 225 g/mol. The van der Waals surface area contributed by atoms with Crippen LogP contribution in [0.2, 0.25) is 5.02 Å². The van der Waals surface area contributed by atoms with Crippen LogP contribution in [-0.4, -0.2) is 19.6 Å². The Labute approximate surface area is 93.4 Å². The van der Waals surface area contributed by atoms with E-state index in [-0.39, 0.29) is 11.8 Å². The molecule has 0 bridgehead atoms. The van der Waals surface area contributed by atoms with Gasteiger partial charge >= 0.3 is 0 Å². The van der Waals surface area contributed by atoms with Crippen LogP contribution in [0, 0.1) is 0 Å². The first kappa shape index (κ1) is 10.3. The summed E-state index contributed by atoms with van der Waals surface area (Å²) in [7, 11) is 1.61. The molecule has 0 spiro atoms. The maximum atomic E-state index is 11.1. The fourth-order valence-corrected chi connectivity index (χ4v) is 2.22. The first-order valence-electron chi connectivity index (χ1n) is 4.81. The van der Waals surface area contributed by atoms with Crippen LogP contribution in [0.3, 0.4) is 0 Å². The van der Waals surface area contributed by atoms with Crippen molar-refractivity contribution in [3.8, 4) is 5.75 Å². The van der Waals surface area contributed by atoms with E-state index in [1.54, 1.807) is 7.11 Å². The molecule has 1 aliphatic heterocycles. The summed E-state index contributed by atoms with van der Waals surface area (Å²) >= 11 is 6.12. The summed E-state index contributed by atoms with van der Waals surface area (Å²) in [6.45, 7) is 0.638. The third-order valence-corrected chi connectivity index (χ3v) is 2.95. The van der Waals surface area contributed by atoms with E-state index >= 15 is 0 Å². The van der Waals surface area contributed by atoms with E-state index < -0.39 is 0 Å². The quantitative estimate of drug-likeness (QED) is 0.836. The molecule has 3 nitrogen and oxygen atoms in total. The topological polar surface area (TPSA) is 38.3 Å². The standard InChI is InChI=1S/C11H12ClNO2/c1-15-9-4-2-3-8(12)11(9)7-5-10(14)13-6-7/h2-4,7H,5-6H2,1H3,(H,13,14). The van der Waals surface area contributed by atoms with Crippen molar-refractivity contribution in [2.75, 3.05) is 13.7 Å². The SMILES string of the molecule is COc1cccc(Cl)c1C1CNC(=O)C1.